The Morgan fingerprint density at radius 3 is 2.37 bits per heavy atom. The third-order valence-electron chi connectivity index (χ3n) is 2.65. The van der Waals surface area contributed by atoms with Crippen LogP contribution in [0.25, 0.3) is 0 Å². The SMILES string of the molecule is Cn1ccc(C(=O)CS(=O)(=O)c2ccc(Cl)cc2)c1. The minimum atomic E-state index is -3.63. The van der Waals surface area contributed by atoms with Crippen LogP contribution < -0.4 is 0 Å². The average Bonchev–Trinajstić information content (AvgIpc) is 2.76. The van der Waals surface area contributed by atoms with E-state index >= 15 is 0 Å². The number of nitrogens with zero attached hydrogens (tertiary/aromatic N) is 1. The van der Waals surface area contributed by atoms with E-state index in [4.69, 9.17) is 11.6 Å². The van der Waals surface area contributed by atoms with Crippen LogP contribution in [0.3, 0.4) is 0 Å². The number of hydrogen-bond acceptors (Lipinski definition) is 3. The first-order valence-corrected chi connectivity index (χ1v) is 7.55. The van der Waals surface area contributed by atoms with Crippen molar-refractivity contribution in [2.24, 2.45) is 7.05 Å². The molecule has 1 heterocycles. The van der Waals surface area contributed by atoms with Gasteiger partial charge >= 0.3 is 0 Å². The van der Waals surface area contributed by atoms with Crippen molar-refractivity contribution in [3.05, 3.63) is 53.3 Å². The molecule has 1 aromatic carbocycles. The van der Waals surface area contributed by atoms with Crippen LogP contribution in [-0.2, 0) is 16.9 Å². The third-order valence-corrected chi connectivity index (χ3v) is 4.53. The summed E-state index contributed by atoms with van der Waals surface area (Å²) in [7, 11) is -1.86. The van der Waals surface area contributed by atoms with Gasteiger partial charge in [0.1, 0.15) is 5.75 Å². The minimum Gasteiger partial charge on any atom is -0.357 e. The van der Waals surface area contributed by atoms with Crippen LogP contribution in [0.2, 0.25) is 5.02 Å². The number of carbonyl (C=O) groups excluding carboxylic acids is 1. The van der Waals surface area contributed by atoms with Crippen molar-refractivity contribution < 1.29 is 13.2 Å². The van der Waals surface area contributed by atoms with Gasteiger partial charge in [-0.25, -0.2) is 8.42 Å². The fourth-order valence-electron chi connectivity index (χ4n) is 1.65. The van der Waals surface area contributed by atoms with E-state index in [9.17, 15) is 13.2 Å². The molecule has 0 spiro atoms. The molecule has 0 atom stereocenters. The lowest BCUT2D eigenvalue weighted by atomic mass is 10.2. The molecule has 4 nitrogen and oxygen atoms in total. The second-order valence-electron chi connectivity index (χ2n) is 4.20. The topological polar surface area (TPSA) is 56.1 Å². The van der Waals surface area contributed by atoms with E-state index in [-0.39, 0.29) is 4.90 Å². The summed E-state index contributed by atoms with van der Waals surface area (Å²) in [5, 5.41) is 0.452. The highest BCUT2D eigenvalue weighted by atomic mass is 35.5. The predicted molar refractivity (Wildman–Crippen MR) is 73.2 cm³/mol. The van der Waals surface area contributed by atoms with Crippen LogP contribution in [0.1, 0.15) is 10.4 Å². The fourth-order valence-corrected chi connectivity index (χ4v) is 3.00. The molecule has 100 valence electrons. The van der Waals surface area contributed by atoms with Crippen molar-refractivity contribution in [1.82, 2.24) is 4.57 Å². The lowest BCUT2D eigenvalue weighted by Crippen LogP contribution is -2.16. The van der Waals surface area contributed by atoms with Gasteiger partial charge in [-0.15, -0.1) is 0 Å². The molecule has 0 aliphatic rings. The summed E-state index contributed by atoms with van der Waals surface area (Å²) in [4.78, 5) is 12.0. The first-order valence-electron chi connectivity index (χ1n) is 5.52. The number of rotatable bonds is 4. The summed E-state index contributed by atoms with van der Waals surface area (Å²) in [6.45, 7) is 0. The second-order valence-corrected chi connectivity index (χ2v) is 6.63. The summed E-state index contributed by atoms with van der Waals surface area (Å²) >= 11 is 5.70. The molecule has 0 N–H and O–H groups in total. The number of sulfone groups is 1. The molecule has 0 fully saturated rings. The number of aryl methyl sites for hydroxylation is 1. The molecule has 2 rings (SSSR count). The molecular weight excluding hydrogens is 286 g/mol. The highest BCUT2D eigenvalue weighted by molar-refractivity contribution is 7.92. The van der Waals surface area contributed by atoms with E-state index in [1.54, 1.807) is 30.1 Å². The molecule has 0 saturated heterocycles. The standard InChI is InChI=1S/C13H12ClNO3S/c1-15-7-6-10(8-15)13(16)9-19(17,18)12-4-2-11(14)3-5-12/h2-8H,9H2,1H3. The summed E-state index contributed by atoms with van der Waals surface area (Å²) in [5.74, 6) is -0.964. The lowest BCUT2D eigenvalue weighted by Gasteiger charge is -2.03. The van der Waals surface area contributed by atoms with Gasteiger partial charge < -0.3 is 4.57 Å². The van der Waals surface area contributed by atoms with Crippen molar-refractivity contribution in [3.63, 3.8) is 0 Å². The smallest absolute Gasteiger partial charge is 0.185 e. The monoisotopic (exact) mass is 297 g/mol. The molecule has 19 heavy (non-hydrogen) atoms. The van der Waals surface area contributed by atoms with Crippen LogP contribution in [0.15, 0.2) is 47.6 Å². The molecule has 0 aliphatic carbocycles. The van der Waals surface area contributed by atoms with Crippen LogP contribution in [0, 0.1) is 0 Å². The van der Waals surface area contributed by atoms with Gasteiger partial charge in [0, 0.05) is 30.0 Å². The van der Waals surface area contributed by atoms with Crippen molar-refractivity contribution >= 4 is 27.2 Å². The van der Waals surface area contributed by atoms with E-state index in [2.05, 4.69) is 0 Å². The molecule has 0 saturated carbocycles. The molecule has 0 unspecified atom stereocenters. The third kappa shape index (κ3) is 3.24. The van der Waals surface area contributed by atoms with Crippen molar-refractivity contribution in [3.8, 4) is 0 Å². The number of halogens is 1. The largest absolute Gasteiger partial charge is 0.357 e. The maximum absolute atomic E-state index is 12.1. The van der Waals surface area contributed by atoms with E-state index in [1.807, 2.05) is 0 Å². The number of aromatic nitrogens is 1. The summed E-state index contributed by atoms with van der Waals surface area (Å²) < 4.78 is 25.8. The summed E-state index contributed by atoms with van der Waals surface area (Å²) in [5.41, 5.74) is 0.389. The minimum absolute atomic E-state index is 0.0983. The molecule has 0 amide bonds. The molecule has 0 radical (unpaired) electrons. The van der Waals surface area contributed by atoms with Gasteiger partial charge in [0.25, 0.3) is 0 Å². The number of benzene rings is 1. The van der Waals surface area contributed by atoms with Gasteiger partial charge in [-0.1, -0.05) is 11.6 Å². The van der Waals surface area contributed by atoms with Gasteiger partial charge in [0.2, 0.25) is 0 Å². The Morgan fingerprint density at radius 2 is 1.84 bits per heavy atom. The Balaban J connectivity index is 2.22. The van der Waals surface area contributed by atoms with Crippen LogP contribution in [0.5, 0.6) is 0 Å². The molecular formula is C13H12ClNO3S. The van der Waals surface area contributed by atoms with Gasteiger partial charge in [-0.05, 0) is 30.3 Å². The molecule has 0 bridgehead atoms. The van der Waals surface area contributed by atoms with Gasteiger partial charge in [-0.3, -0.25) is 4.79 Å². The zero-order valence-corrected chi connectivity index (χ0v) is 11.8. The van der Waals surface area contributed by atoms with E-state index in [1.165, 1.54) is 24.3 Å². The normalized spacial score (nSPS) is 11.5. The first-order chi connectivity index (χ1) is 8.88. The molecule has 1 aromatic heterocycles. The fraction of sp³-hybridized carbons (Fsp3) is 0.154. The Morgan fingerprint density at radius 1 is 1.21 bits per heavy atom. The Kier molecular flexibility index (Phi) is 3.78. The van der Waals surface area contributed by atoms with E-state index in [0.717, 1.165) is 0 Å². The molecule has 6 heteroatoms. The average molecular weight is 298 g/mol. The number of carbonyl (C=O) groups is 1. The maximum Gasteiger partial charge on any atom is 0.185 e. The zero-order chi connectivity index (χ0) is 14.0. The zero-order valence-electron chi connectivity index (χ0n) is 10.2. The van der Waals surface area contributed by atoms with E-state index in [0.29, 0.717) is 10.6 Å². The van der Waals surface area contributed by atoms with Crippen molar-refractivity contribution in [2.45, 2.75) is 4.90 Å². The highest BCUT2D eigenvalue weighted by Crippen LogP contribution is 2.16. The first kappa shape index (κ1) is 13.8. The molecule has 0 aliphatic heterocycles. The van der Waals surface area contributed by atoms with Crippen LogP contribution in [0.4, 0.5) is 0 Å². The van der Waals surface area contributed by atoms with Crippen LogP contribution >= 0.6 is 11.6 Å². The van der Waals surface area contributed by atoms with Crippen molar-refractivity contribution in [2.75, 3.05) is 5.75 Å². The van der Waals surface area contributed by atoms with Gasteiger partial charge in [0.05, 0.1) is 4.90 Å². The maximum atomic E-state index is 12.1. The Bertz CT molecular complexity index is 702. The van der Waals surface area contributed by atoms with Crippen molar-refractivity contribution in [1.29, 1.82) is 0 Å². The number of ketones is 1. The highest BCUT2D eigenvalue weighted by Gasteiger charge is 2.20. The van der Waals surface area contributed by atoms with Crippen LogP contribution in [-0.4, -0.2) is 24.5 Å². The summed E-state index contributed by atoms with van der Waals surface area (Å²) in [6, 6.07) is 7.37. The predicted octanol–water partition coefficient (Wildman–Crippen LogP) is 2.34. The molecule has 2 aromatic rings. The lowest BCUT2D eigenvalue weighted by molar-refractivity contribution is 0.102. The van der Waals surface area contributed by atoms with E-state index < -0.39 is 21.4 Å². The second kappa shape index (κ2) is 5.19. The van der Waals surface area contributed by atoms with Gasteiger partial charge in [0.15, 0.2) is 15.6 Å². The number of Topliss-reactive ketones (excluding diaryl/α,β-unsaturated/α-hetero) is 1. The number of hydrogen-bond donors (Lipinski definition) is 0. The van der Waals surface area contributed by atoms with Gasteiger partial charge in [-0.2, -0.15) is 0 Å². The Hall–Kier alpha value is -1.59. The summed E-state index contributed by atoms with van der Waals surface area (Å²) in [6.07, 6.45) is 3.29. The Labute approximate surface area is 116 Å². The quantitative estimate of drug-likeness (QED) is 0.814.